The third-order valence-corrected chi connectivity index (χ3v) is 3.32. The Bertz CT molecular complexity index is 361. The zero-order valence-corrected chi connectivity index (χ0v) is 10.8. The lowest BCUT2D eigenvalue weighted by atomic mass is 10.3. The second-order valence-corrected chi connectivity index (χ2v) is 5.18. The van der Waals surface area contributed by atoms with Gasteiger partial charge in [0.25, 0.3) is 0 Å². The normalized spacial score (nSPS) is 9.73. The van der Waals surface area contributed by atoms with Crippen molar-refractivity contribution in [3.8, 4) is 0 Å². The average molecular weight is 286 g/mol. The van der Waals surface area contributed by atoms with Gasteiger partial charge in [0.1, 0.15) is 0 Å². The standard InChI is InChI=1S/C11H12BrNOS/c1-8(12)7-15-11-5-3-10(4-6-11)13-9(2)14/h3-6H,1,7H2,2H3,(H,13,14). The molecule has 0 fully saturated rings. The number of anilines is 1. The number of carbonyl (C=O) groups excluding carboxylic acids is 1. The summed E-state index contributed by atoms with van der Waals surface area (Å²) in [6, 6.07) is 7.74. The zero-order chi connectivity index (χ0) is 11.3. The zero-order valence-electron chi connectivity index (χ0n) is 8.42. The van der Waals surface area contributed by atoms with Gasteiger partial charge < -0.3 is 5.32 Å². The molecule has 1 N–H and O–H groups in total. The number of hydrogen-bond donors (Lipinski definition) is 1. The molecule has 0 heterocycles. The average Bonchev–Trinajstić information content (AvgIpc) is 2.16. The molecular weight excluding hydrogens is 274 g/mol. The largest absolute Gasteiger partial charge is 0.326 e. The van der Waals surface area contributed by atoms with E-state index in [1.807, 2.05) is 24.3 Å². The number of hydrogen-bond acceptors (Lipinski definition) is 2. The van der Waals surface area contributed by atoms with E-state index < -0.39 is 0 Å². The number of rotatable bonds is 4. The minimum absolute atomic E-state index is 0.0516. The molecule has 4 heteroatoms. The molecule has 0 atom stereocenters. The molecule has 1 amide bonds. The first-order valence-electron chi connectivity index (χ1n) is 4.41. The first-order valence-corrected chi connectivity index (χ1v) is 6.19. The van der Waals surface area contributed by atoms with Crippen LogP contribution in [0.4, 0.5) is 5.69 Å². The van der Waals surface area contributed by atoms with Gasteiger partial charge in [-0.15, -0.1) is 11.8 Å². The number of benzene rings is 1. The van der Waals surface area contributed by atoms with Gasteiger partial charge in [-0.05, 0) is 28.7 Å². The lowest BCUT2D eigenvalue weighted by molar-refractivity contribution is -0.114. The van der Waals surface area contributed by atoms with Gasteiger partial charge in [0.15, 0.2) is 0 Å². The molecule has 0 bridgehead atoms. The monoisotopic (exact) mass is 285 g/mol. The summed E-state index contributed by atoms with van der Waals surface area (Å²) in [6.45, 7) is 5.26. The molecule has 80 valence electrons. The fourth-order valence-corrected chi connectivity index (χ4v) is 1.99. The maximum absolute atomic E-state index is 10.8. The van der Waals surface area contributed by atoms with Gasteiger partial charge in [-0.25, -0.2) is 0 Å². The lowest BCUT2D eigenvalue weighted by Crippen LogP contribution is -2.05. The molecule has 0 saturated heterocycles. The van der Waals surface area contributed by atoms with E-state index in [2.05, 4.69) is 27.8 Å². The van der Waals surface area contributed by atoms with Gasteiger partial charge in [0, 0.05) is 23.3 Å². The maximum atomic E-state index is 10.8. The molecular formula is C11H12BrNOS. The van der Waals surface area contributed by atoms with E-state index in [0.717, 1.165) is 20.8 Å². The summed E-state index contributed by atoms with van der Waals surface area (Å²) < 4.78 is 0.971. The Morgan fingerprint density at radius 1 is 1.47 bits per heavy atom. The molecule has 0 unspecified atom stereocenters. The summed E-state index contributed by atoms with van der Waals surface area (Å²) in [5.74, 6) is 0.795. The minimum Gasteiger partial charge on any atom is -0.326 e. The van der Waals surface area contributed by atoms with Crippen molar-refractivity contribution < 1.29 is 4.79 Å². The van der Waals surface area contributed by atoms with Crippen molar-refractivity contribution in [3.05, 3.63) is 35.3 Å². The van der Waals surface area contributed by atoms with E-state index in [4.69, 9.17) is 0 Å². The second-order valence-electron chi connectivity index (χ2n) is 3.01. The quantitative estimate of drug-likeness (QED) is 0.856. The van der Waals surface area contributed by atoms with E-state index >= 15 is 0 Å². The van der Waals surface area contributed by atoms with Crippen LogP contribution in [0.25, 0.3) is 0 Å². The summed E-state index contributed by atoms with van der Waals surface area (Å²) >= 11 is 5.00. The van der Waals surface area contributed by atoms with Gasteiger partial charge in [-0.1, -0.05) is 22.5 Å². The van der Waals surface area contributed by atoms with Crippen molar-refractivity contribution in [1.82, 2.24) is 0 Å². The minimum atomic E-state index is -0.0516. The highest BCUT2D eigenvalue weighted by atomic mass is 79.9. The van der Waals surface area contributed by atoms with Crippen LogP contribution in [0.15, 0.2) is 40.2 Å². The number of amides is 1. The van der Waals surface area contributed by atoms with Gasteiger partial charge >= 0.3 is 0 Å². The molecule has 0 aliphatic carbocycles. The molecule has 0 spiro atoms. The Hall–Kier alpha value is -0.740. The molecule has 0 aromatic heterocycles. The first-order chi connectivity index (χ1) is 7.08. The van der Waals surface area contributed by atoms with Crippen molar-refractivity contribution >= 4 is 39.3 Å². The number of nitrogens with one attached hydrogen (secondary N) is 1. The van der Waals surface area contributed by atoms with Crippen LogP contribution in [0.1, 0.15) is 6.92 Å². The highest BCUT2D eigenvalue weighted by Gasteiger charge is 1.97. The summed E-state index contributed by atoms with van der Waals surface area (Å²) in [6.07, 6.45) is 0. The lowest BCUT2D eigenvalue weighted by Gasteiger charge is -2.03. The summed E-state index contributed by atoms with van der Waals surface area (Å²) in [7, 11) is 0. The van der Waals surface area contributed by atoms with Crippen LogP contribution >= 0.6 is 27.7 Å². The molecule has 0 radical (unpaired) electrons. The Kier molecular flexibility index (Phi) is 4.91. The SMILES string of the molecule is C=C(Br)CSc1ccc(NC(C)=O)cc1. The Morgan fingerprint density at radius 2 is 2.07 bits per heavy atom. The van der Waals surface area contributed by atoms with Crippen LogP contribution in [0.3, 0.4) is 0 Å². The molecule has 1 aromatic carbocycles. The van der Waals surface area contributed by atoms with Crippen molar-refractivity contribution in [3.63, 3.8) is 0 Å². The maximum Gasteiger partial charge on any atom is 0.221 e. The smallest absolute Gasteiger partial charge is 0.221 e. The van der Waals surface area contributed by atoms with Gasteiger partial charge in [0.2, 0.25) is 5.91 Å². The first kappa shape index (κ1) is 12.3. The van der Waals surface area contributed by atoms with Crippen LogP contribution in [0.5, 0.6) is 0 Å². The van der Waals surface area contributed by atoms with E-state index in [1.54, 1.807) is 11.8 Å². The Morgan fingerprint density at radius 3 is 2.53 bits per heavy atom. The fraction of sp³-hybridized carbons (Fsp3) is 0.182. The molecule has 1 aromatic rings. The van der Waals surface area contributed by atoms with Gasteiger partial charge in [-0.3, -0.25) is 4.79 Å². The third kappa shape index (κ3) is 5.04. The number of carbonyl (C=O) groups is 1. The predicted octanol–water partition coefficient (Wildman–Crippen LogP) is 3.65. The fourth-order valence-electron chi connectivity index (χ4n) is 0.999. The van der Waals surface area contributed by atoms with E-state index in [0.29, 0.717) is 0 Å². The van der Waals surface area contributed by atoms with Crippen LogP contribution in [-0.4, -0.2) is 11.7 Å². The van der Waals surface area contributed by atoms with Crippen LogP contribution < -0.4 is 5.32 Å². The van der Waals surface area contributed by atoms with Crippen molar-refractivity contribution in [2.75, 3.05) is 11.1 Å². The van der Waals surface area contributed by atoms with Gasteiger partial charge in [0.05, 0.1) is 0 Å². The Balaban J connectivity index is 2.56. The predicted molar refractivity (Wildman–Crippen MR) is 69.5 cm³/mol. The van der Waals surface area contributed by atoms with Crippen molar-refractivity contribution in [1.29, 1.82) is 0 Å². The molecule has 15 heavy (non-hydrogen) atoms. The topological polar surface area (TPSA) is 29.1 Å². The summed E-state index contributed by atoms with van der Waals surface area (Å²) in [5, 5.41) is 2.72. The highest BCUT2D eigenvalue weighted by molar-refractivity contribution is 9.11. The third-order valence-electron chi connectivity index (χ3n) is 1.57. The number of thioether (sulfide) groups is 1. The molecule has 0 aliphatic rings. The Labute approximate surface area is 102 Å². The molecule has 0 saturated carbocycles. The van der Waals surface area contributed by atoms with Crippen molar-refractivity contribution in [2.24, 2.45) is 0 Å². The van der Waals surface area contributed by atoms with E-state index in [1.165, 1.54) is 6.92 Å². The summed E-state index contributed by atoms with van der Waals surface area (Å²) in [5.41, 5.74) is 0.824. The molecule has 2 nitrogen and oxygen atoms in total. The molecule has 0 aliphatic heterocycles. The van der Waals surface area contributed by atoms with Crippen LogP contribution in [-0.2, 0) is 4.79 Å². The van der Waals surface area contributed by atoms with E-state index in [9.17, 15) is 4.79 Å². The second kappa shape index (κ2) is 5.98. The van der Waals surface area contributed by atoms with E-state index in [-0.39, 0.29) is 5.91 Å². The summed E-state index contributed by atoms with van der Waals surface area (Å²) in [4.78, 5) is 11.9. The van der Waals surface area contributed by atoms with Crippen LogP contribution in [0, 0.1) is 0 Å². The van der Waals surface area contributed by atoms with Crippen molar-refractivity contribution in [2.45, 2.75) is 11.8 Å². The number of halogens is 1. The molecule has 1 rings (SSSR count). The van der Waals surface area contributed by atoms with Gasteiger partial charge in [-0.2, -0.15) is 0 Å². The van der Waals surface area contributed by atoms with Crippen LogP contribution in [0.2, 0.25) is 0 Å². The highest BCUT2D eigenvalue weighted by Crippen LogP contribution is 2.23.